The van der Waals surface area contributed by atoms with Gasteiger partial charge in [-0.3, -0.25) is 13.9 Å². The lowest BCUT2D eigenvalue weighted by atomic mass is 10.1. The lowest BCUT2D eigenvalue weighted by Crippen LogP contribution is -2.49. The van der Waals surface area contributed by atoms with Crippen LogP contribution in [0.25, 0.3) is 0 Å². The first-order chi connectivity index (χ1) is 17.6. The monoisotopic (exact) mass is 531 g/mol. The fraction of sp³-hybridized carbons (Fsp3) is 0.481. The molecule has 2 amide bonds. The molecule has 0 saturated carbocycles. The minimum atomic E-state index is -3.60. The zero-order valence-electron chi connectivity index (χ0n) is 22.0. The molecule has 1 aliphatic rings. The SMILES string of the molecule is CCCNC(=O)C(CC)N(Cc1ccc(C)cc1)C(=O)CCCN(c1ccc2c(c1)OCO2)S(C)(=O)=O. The van der Waals surface area contributed by atoms with E-state index >= 15 is 0 Å². The van der Waals surface area contributed by atoms with E-state index < -0.39 is 16.1 Å². The Kier molecular flexibility index (Phi) is 9.79. The lowest BCUT2D eigenvalue weighted by molar-refractivity contribution is -0.141. The average Bonchev–Trinajstić information content (AvgIpc) is 3.33. The maximum absolute atomic E-state index is 13.5. The van der Waals surface area contributed by atoms with Gasteiger partial charge in [0.15, 0.2) is 11.5 Å². The standard InChI is InChI=1S/C27H37N3O6S/c1-5-15-28-27(32)23(6-2)29(18-21-11-9-20(3)10-12-21)26(31)8-7-16-30(37(4,33)34)22-13-14-24-25(17-22)36-19-35-24/h9-14,17,23H,5-8,15-16,18-19H2,1-4H3,(H,28,32). The fourth-order valence-electron chi connectivity index (χ4n) is 4.22. The van der Waals surface area contributed by atoms with Crippen LogP contribution in [0.1, 0.15) is 50.7 Å². The minimum absolute atomic E-state index is 0.0907. The molecule has 0 bridgehead atoms. The molecule has 1 aliphatic heterocycles. The summed E-state index contributed by atoms with van der Waals surface area (Å²) in [5, 5.41) is 2.91. The van der Waals surface area contributed by atoms with Crippen molar-refractivity contribution in [2.45, 2.75) is 59.0 Å². The molecule has 202 valence electrons. The molecule has 1 atom stereocenters. The largest absolute Gasteiger partial charge is 0.454 e. The first-order valence-corrected chi connectivity index (χ1v) is 14.5. The number of amides is 2. The number of rotatable bonds is 13. The molecule has 0 radical (unpaired) electrons. The van der Waals surface area contributed by atoms with Crippen molar-refractivity contribution in [2.24, 2.45) is 0 Å². The minimum Gasteiger partial charge on any atom is -0.454 e. The van der Waals surface area contributed by atoms with E-state index in [0.717, 1.165) is 23.8 Å². The van der Waals surface area contributed by atoms with E-state index in [9.17, 15) is 18.0 Å². The normalized spacial score (nSPS) is 13.2. The number of ether oxygens (including phenoxy) is 2. The van der Waals surface area contributed by atoms with E-state index in [0.29, 0.717) is 36.7 Å². The van der Waals surface area contributed by atoms with E-state index in [1.165, 1.54) is 4.31 Å². The summed E-state index contributed by atoms with van der Waals surface area (Å²) in [5.41, 5.74) is 2.48. The van der Waals surface area contributed by atoms with Crippen LogP contribution in [0.15, 0.2) is 42.5 Å². The van der Waals surface area contributed by atoms with Gasteiger partial charge in [0, 0.05) is 32.1 Å². The number of carbonyl (C=O) groups is 2. The Balaban J connectivity index is 1.74. The second-order valence-electron chi connectivity index (χ2n) is 9.20. The quantitative estimate of drug-likeness (QED) is 0.423. The van der Waals surface area contributed by atoms with Gasteiger partial charge in [0.2, 0.25) is 28.6 Å². The lowest BCUT2D eigenvalue weighted by Gasteiger charge is -2.31. The van der Waals surface area contributed by atoms with Crippen molar-refractivity contribution in [2.75, 3.05) is 30.4 Å². The number of fused-ring (bicyclic) bond motifs is 1. The number of anilines is 1. The van der Waals surface area contributed by atoms with Crippen LogP contribution in [0, 0.1) is 6.92 Å². The van der Waals surface area contributed by atoms with Gasteiger partial charge in [0.05, 0.1) is 11.9 Å². The smallest absolute Gasteiger partial charge is 0.242 e. The van der Waals surface area contributed by atoms with Crippen molar-refractivity contribution in [1.29, 1.82) is 0 Å². The molecule has 0 saturated heterocycles. The van der Waals surface area contributed by atoms with Gasteiger partial charge in [0.25, 0.3) is 0 Å². The van der Waals surface area contributed by atoms with Crippen LogP contribution in [-0.4, -0.2) is 57.3 Å². The van der Waals surface area contributed by atoms with Gasteiger partial charge in [-0.1, -0.05) is 43.7 Å². The number of sulfonamides is 1. The predicted octanol–water partition coefficient (Wildman–Crippen LogP) is 3.60. The molecule has 3 rings (SSSR count). The van der Waals surface area contributed by atoms with Crippen LogP contribution in [-0.2, 0) is 26.2 Å². The van der Waals surface area contributed by atoms with Crippen molar-refractivity contribution in [1.82, 2.24) is 10.2 Å². The van der Waals surface area contributed by atoms with Crippen LogP contribution in [0.4, 0.5) is 5.69 Å². The van der Waals surface area contributed by atoms with Gasteiger partial charge in [-0.15, -0.1) is 0 Å². The third-order valence-corrected chi connectivity index (χ3v) is 7.40. The van der Waals surface area contributed by atoms with Crippen molar-refractivity contribution in [3.63, 3.8) is 0 Å². The van der Waals surface area contributed by atoms with Crippen LogP contribution >= 0.6 is 0 Å². The van der Waals surface area contributed by atoms with Crippen molar-refractivity contribution < 1.29 is 27.5 Å². The third kappa shape index (κ3) is 7.61. The fourth-order valence-corrected chi connectivity index (χ4v) is 5.18. The molecular formula is C27H37N3O6S. The molecule has 10 heteroatoms. The molecule has 1 N–H and O–H groups in total. The van der Waals surface area contributed by atoms with Crippen LogP contribution in [0.5, 0.6) is 11.5 Å². The highest BCUT2D eigenvalue weighted by Gasteiger charge is 2.29. The number of hydrogen-bond acceptors (Lipinski definition) is 6. The number of aryl methyl sites for hydroxylation is 1. The molecule has 0 aliphatic carbocycles. The molecular weight excluding hydrogens is 494 g/mol. The predicted molar refractivity (Wildman–Crippen MR) is 143 cm³/mol. The molecule has 9 nitrogen and oxygen atoms in total. The first kappa shape index (κ1) is 28.3. The number of carbonyl (C=O) groups excluding carboxylic acids is 2. The van der Waals surface area contributed by atoms with Crippen LogP contribution in [0.3, 0.4) is 0 Å². The molecule has 2 aromatic carbocycles. The highest BCUT2D eigenvalue weighted by Crippen LogP contribution is 2.36. The van der Waals surface area contributed by atoms with Gasteiger partial charge >= 0.3 is 0 Å². The molecule has 2 aromatic rings. The Morgan fingerprint density at radius 3 is 2.41 bits per heavy atom. The molecule has 37 heavy (non-hydrogen) atoms. The van der Waals surface area contributed by atoms with Gasteiger partial charge in [-0.05, 0) is 43.9 Å². The number of benzene rings is 2. The zero-order valence-corrected chi connectivity index (χ0v) is 22.8. The second kappa shape index (κ2) is 12.8. The van der Waals surface area contributed by atoms with E-state index in [1.54, 1.807) is 23.1 Å². The van der Waals surface area contributed by atoms with Gasteiger partial charge in [0.1, 0.15) is 6.04 Å². The van der Waals surface area contributed by atoms with E-state index in [4.69, 9.17) is 9.47 Å². The Labute approximate surface area is 219 Å². The average molecular weight is 532 g/mol. The summed E-state index contributed by atoms with van der Waals surface area (Å²) in [7, 11) is -3.60. The molecule has 1 unspecified atom stereocenters. The Morgan fingerprint density at radius 2 is 1.76 bits per heavy atom. The molecule has 0 spiro atoms. The first-order valence-electron chi connectivity index (χ1n) is 12.6. The number of nitrogens with one attached hydrogen (secondary N) is 1. The molecule has 0 fully saturated rings. The second-order valence-corrected chi connectivity index (χ2v) is 11.1. The Hall–Kier alpha value is -3.27. The van der Waals surface area contributed by atoms with Gasteiger partial charge in [-0.2, -0.15) is 0 Å². The maximum Gasteiger partial charge on any atom is 0.242 e. The summed E-state index contributed by atoms with van der Waals surface area (Å²) in [6, 6.07) is 12.2. The highest BCUT2D eigenvalue weighted by atomic mass is 32.2. The molecule has 0 aromatic heterocycles. The summed E-state index contributed by atoms with van der Waals surface area (Å²) in [6.07, 6.45) is 2.79. The number of hydrogen-bond donors (Lipinski definition) is 1. The molecule has 1 heterocycles. The maximum atomic E-state index is 13.5. The third-order valence-electron chi connectivity index (χ3n) is 6.20. The zero-order chi connectivity index (χ0) is 27.0. The Bertz CT molecular complexity index is 1180. The highest BCUT2D eigenvalue weighted by molar-refractivity contribution is 7.92. The van der Waals surface area contributed by atoms with Crippen molar-refractivity contribution in [3.8, 4) is 11.5 Å². The number of nitrogens with zero attached hydrogens (tertiary/aromatic N) is 2. The van der Waals surface area contributed by atoms with Crippen molar-refractivity contribution in [3.05, 3.63) is 53.6 Å². The summed E-state index contributed by atoms with van der Waals surface area (Å²) in [6.45, 7) is 6.90. The van der Waals surface area contributed by atoms with Gasteiger partial charge < -0.3 is 19.7 Å². The van der Waals surface area contributed by atoms with Crippen LogP contribution < -0.4 is 19.1 Å². The topological polar surface area (TPSA) is 105 Å². The summed E-state index contributed by atoms with van der Waals surface area (Å²) >= 11 is 0. The van der Waals surface area contributed by atoms with E-state index in [1.807, 2.05) is 45.0 Å². The summed E-state index contributed by atoms with van der Waals surface area (Å²) < 4.78 is 37.1. The summed E-state index contributed by atoms with van der Waals surface area (Å²) in [5.74, 6) is 0.669. The van der Waals surface area contributed by atoms with Gasteiger partial charge in [-0.25, -0.2) is 8.42 Å². The van der Waals surface area contributed by atoms with Crippen molar-refractivity contribution >= 4 is 27.5 Å². The Morgan fingerprint density at radius 1 is 1.05 bits per heavy atom. The summed E-state index contributed by atoms with van der Waals surface area (Å²) in [4.78, 5) is 28.0. The van der Waals surface area contributed by atoms with Crippen LogP contribution in [0.2, 0.25) is 0 Å². The van der Waals surface area contributed by atoms with E-state index in [-0.39, 0.29) is 38.0 Å². The van der Waals surface area contributed by atoms with E-state index in [2.05, 4.69) is 5.32 Å².